The molecule has 0 aliphatic rings. The Morgan fingerprint density at radius 2 is 2.33 bits per heavy atom. The Kier molecular flexibility index (Phi) is 3.97. The molecule has 1 rings (SSSR count). The Labute approximate surface area is 77.5 Å². The lowest BCUT2D eigenvalue weighted by atomic mass is 10.2. The van der Waals surface area contributed by atoms with Crippen molar-refractivity contribution in [2.75, 3.05) is 13.3 Å². The fourth-order valence-electron chi connectivity index (χ4n) is 1.01. The average Bonchev–Trinajstić information content (AvgIpc) is 2.06. The molecular weight excluding hydrogens is 170 g/mol. The average molecular weight is 183 g/mol. The molecule has 0 spiro atoms. The van der Waals surface area contributed by atoms with Gasteiger partial charge in [-0.15, -0.1) is 0 Å². The number of nitrogens with one attached hydrogen (secondary N) is 1. The van der Waals surface area contributed by atoms with E-state index in [1.54, 1.807) is 0 Å². The maximum absolute atomic E-state index is 5.28. The van der Waals surface area contributed by atoms with Crippen LogP contribution in [0.5, 0.6) is 5.75 Å². The van der Waals surface area contributed by atoms with Gasteiger partial charge in [-0.1, -0.05) is 12.1 Å². The second-order valence-electron chi connectivity index (χ2n) is 2.43. The van der Waals surface area contributed by atoms with Crippen LogP contribution in [0.4, 0.5) is 0 Å². The Morgan fingerprint density at radius 1 is 1.50 bits per heavy atom. The molecule has 0 aliphatic heterocycles. The van der Waals surface area contributed by atoms with Crippen LogP contribution in [0.25, 0.3) is 0 Å². The van der Waals surface area contributed by atoms with Crippen LogP contribution < -0.4 is 9.50 Å². The van der Waals surface area contributed by atoms with Gasteiger partial charge in [0.1, 0.15) is 5.75 Å². The summed E-state index contributed by atoms with van der Waals surface area (Å²) >= 11 is 1.36. The summed E-state index contributed by atoms with van der Waals surface area (Å²) in [6, 6.07) is 8.06. The maximum atomic E-state index is 5.28. The van der Waals surface area contributed by atoms with E-state index < -0.39 is 0 Å². The minimum Gasteiger partial charge on any atom is -0.426 e. The van der Waals surface area contributed by atoms with Gasteiger partial charge in [0, 0.05) is 12.8 Å². The van der Waals surface area contributed by atoms with Gasteiger partial charge < -0.3 is 9.50 Å². The lowest BCUT2D eigenvalue weighted by molar-refractivity contribution is 0.647. The smallest absolute Gasteiger partial charge is 0.137 e. The van der Waals surface area contributed by atoms with Crippen LogP contribution in [0.3, 0.4) is 0 Å². The molecule has 0 saturated carbocycles. The summed E-state index contributed by atoms with van der Waals surface area (Å²) in [4.78, 5) is 0. The number of hydrogen-bond donors (Lipinski definition) is 1. The van der Waals surface area contributed by atoms with Gasteiger partial charge in [0.15, 0.2) is 0 Å². The van der Waals surface area contributed by atoms with Crippen molar-refractivity contribution in [2.45, 2.75) is 6.54 Å². The molecule has 0 radical (unpaired) electrons. The Hall–Kier alpha value is -0.670. The molecule has 0 aromatic heterocycles. The molecule has 1 N–H and O–H groups in total. The molecule has 1 aromatic carbocycles. The van der Waals surface area contributed by atoms with Crippen LogP contribution in [-0.2, 0) is 6.54 Å². The molecule has 2 nitrogen and oxygen atoms in total. The molecule has 0 atom stereocenters. The highest BCUT2D eigenvalue weighted by Gasteiger charge is 1.94. The Balaban J connectivity index is 2.67. The zero-order valence-corrected chi connectivity index (χ0v) is 8.15. The van der Waals surface area contributed by atoms with Crippen molar-refractivity contribution in [3.63, 3.8) is 0 Å². The van der Waals surface area contributed by atoms with Gasteiger partial charge in [0.2, 0.25) is 0 Å². The van der Waals surface area contributed by atoms with Crippen molar-refractivity contribution in [1.29, 1.82) is 0 Å². The van der Waals surface area contributed by atoms with E-state index in [-0.39, 0.29) is 0 Å². The van der Waals surface area contributed by atoms with Crippen molar-refractivity contribution in [3.8, 4) is 5.75 Å². The summed E-state index contributed by atoms with van der Waals surface area (Å²) in [6.45, 7) is 0.881. The zero-order chi connectivity index (χ0) is 8.81. The van der Waals surface area contributed by atoms with E-state index in [0.717, 1.165) is 12.3 Å². The van der Waals surface area contributed by atoms with Gasteiger partial charge in [-0.05, 0) is 24.7 Å². The maximum Gasteiger partial charge on any atom is 0.137 e. The summed E-state index contributed by atoms with van der Waals surface area (Å²) in [5.74, 6) is 0.912. The van der Waals surface area contributed by atoms with E-state index in [2.05, 4.69) is 11.4 Å². The topological polar surface area (TPSA) is 21.3 Å². The monoisotopic (exact) mass is 183 g/mol. The lowest BCUT2D eigenvalue weighted by Gasteiger charge is -2.03. The Morgan fingerprint density at radius 3 is 3.00 bits per heavy atom. The van der Waals surface area contributed by atoms with E-state index in [0.29, 0.717) is 0 Å². The summed E-state index contributed by atoms with van der Waals surface area (Å²) in [7, 11) is 1.93. The highest BCUT2D eigenvalue weighted by Crippen LogP contribution is 2.16. The van der Waals surface area contributed by atoms with Crippen LogP contribution in [0.2, 0.25) is 0 Å². The normalized spacial score (nSPS) is 9.83. The Bertz CT molecular complexity index is 218. The van der Waals surface area contributed by atoms with Crippen molar-refractivity contribution >= 4 is 12.0 Å². The van der Waals surface area contributed by atoms with E-state index in [1.807, 2.05) is 31.5 Å². The third kappa shape index (κ3) is 2.75. The first-order valence-corrected chi connectivity index (χ1v) is 4.96. The third-order valence-corrected chi connectivity index (χ3v) is 1.82. The largest absolute Gasteiger partial charge is 0.426 e. The van der Waals surface area contributed by atoms with Crippen LogP contribution in [0, 0.1) is 0 Å². The van der Waals surface area contributed by atoms with Crippen molar-refractivity contribution < 1.29 is 4.18 Å². The predicted octanol–water partition coefficient (Wildman–Crippen LogP) is 2.06. The highest BCUT2D eigenvalue weighted by atomic mass is 32.2. The van der Waals surface area contributed by atoms with Crippen molar-refractivity contribution in [3.05, 3.63) is 29.8 Å². The van der Waals surface area contributed by atoms with E-state index in [9.17, 15) is 0 Å². The number of hydrogen-bond acceptors (Lipinski definition) is 3. The minimum atomic E-state index is 0.881. The van der Waals surface area contributed by atoms with E-state index >= 15 is 0 Å². The van der Waals surface area contributed by atoms with E-state index in [4.69, 9.17) is 4.18 Å². The van der Waals surface area contributed by atoms with Crippen LogP contribution in [-0.4, -0.2) is 13.3 Å². The quantitative estimate of drug-likeness (QED) is 0.722. The minimum absolute atomic E-state index is 0.881. The highest BCUT2D eigenvalue weighted by molar-refractivity contribution is 7.94. The van der Waals surface area contributed by atoms with Gasteiger partial charge in [0.05, 0.1) is 12.0 Å². The van der Waals surface area contributed by atoms with Gasteiger partial charge in [-0.25, -0.2) is 0 Å². The molecule has 66 valence electrons. The number of benzene rings is 1. The van der Waals surface area contributed by atoms with Crippen molar-refractivity contribution in [2.24, 2.45) is 0 Å². The molecule has 0 amide bonds. The van der Waals surface area contributed by atoms with Gasteiger partial charge in [0.25, 0.3) is 0 Å². The van der Waals surface area contributed by atoms with Crippen LogP contribution in [0.15, 0.2) is 24.3 Å². The first kappa shape index (κ1) is 9.42. The molecule has 0 unspecified atom stereocenters. The molecular formula is C9H13NOS. The molecule has 3 heteroatoms. The molecule has 1 aromatic rings. The molecule has 0 aliphatic carbocycles. The van der Waals surface area contributed by atoms with Crippen LogP contribution in [0.1, 0.15) is 5.56 Å². The first-order chi connectivity index (χ1) is 5.86. The zero-order valence-electron chi connectivity index (χ0n) is 7.33. The molecule has 12 heavy (non-hydrogen) atoms. The molecule has 0 heterocycles. The van der Waals surface area contributed by atoms with Gasteiger partial charge in [-0.3, -0.25) is 0 Å². The second kappa shape index (κ2) is 5.06. The summed E-state index contributed by atoms with van der Waals surface area (Å²) < 4.78 is 5.28. The lowest BCUT2D eigenvalue weighted by Crippen LogP contribution is -2.04. The summed E-state index contributed by atoms with van der Waals surface area (Å²) in [5, 5.41) is 3.09. The summed E-state index contributed by atoms with van der Waals surface area (Å²) in [6.07, 6.45) is 1.91. The van der Waals surface area contributed by atoms with Gasteiger partial charge in [-0.2, -0.15) is 0 Å². The van der Waals surface area contributed by atoms with Gasteiger partial charge >= 0.3 is 0 Å². The SMILES string of the molecule is CNCc1cccc(OSC)c1. The fourth-order valence-corrected chi connectivity index (χ4v) is 1.30. The standard InChI is InChI=1S/C9H13NOS/c1-10-7-8-4-3-5-9(6-8)11-12-2/h3-6,10H,7H2,1-2H3. The summed E-state index contributed by atoms with van der Waals surface area (Å²) in [5.41, 5.74) is 1.24. The molecule has 0 fully saturated rings. The fraction of sp³-hybridized carbons (Fsp3) is 0.333. The van der Waals surface area contributed by atoms with E-state index in [1.165, 1.54) is 17.6 Å². The van der Waals surface area contributed by atoms with Crippen molar-refractivity contribution in [1.82, 2.24) is 5.32 Å². The molecule has 0 saturated heterocycles. The first-order valence-electron chi connectivity index (χ1n) is 3.81. The predicted molar refractivity (Wildman–Crippen MR) is 53.3 cm³/mol. The second-order valence-corrected chi connectivity index (χ2v) is 2.93. The third-order valence-electron chi connectivity index (χ3n) is 1.46. The van der Waals surface area contributed by atoms with Crippen LogP contribution >= 0.6 is 12.0 Å². The molecule has 0 bridgehead atoms. The number of rotatable bonds is 4.